The highest BCUT2D eigenvalue weighted by Crippen LogP contribution is 2.14. The number of nitriles is 1. The maximum Gasteiger partial charge on any atom is 0.166 e. The minimum Gasteiger partial charge on any atom is -0.375 e. The Morgan fingerprint density at radius 3 is 3.28 bits per heavy atom. The van der Waals surface area contributed by atoms with Gasteiger partial charge in [0.1, 0.15) is 11.9 Å². The molecule has 3 heterocycles. The molecule has 1 fully saturated rings. The molecule has 1 atom stereocenters. The van der Waals surface area contributed by atoms with Crippen LogP contribution in [0.2, 0.25) is 0 Å². The third-order valence-corrected chi connectivity index (χ3v) is 3.14. The van der Waals surface area contributed by atoms with Gasteiger partial charge in [-0.05, 0) is 12.1 Å². The van der Waals surface area contributed by atoms with Gasteiger partial charge in [-0.3, -0.25) is 0 Å². The SMILES string of the molecule is N#Cc1nc(CC2CNCCO2)n2ccccc12. The molecule has 0 amide bonds. The summed E-state index contributed by atoms with van der Waals surface area (Å²) in [6, 6.07) is 7.91. The highest BCUT2D eigenvalue weighted by molar-refractivity contribution is 5.58. The van der Waals surface area contributed by atoms with Crippen molar-refractivity contribution in [1.82, 2.24) is 14.7 Å². The third-order valence-electron chi connectivity index (χ3n) is 3.14. The maximum atomic E-state index is 9.09. The predicted molar refractivity (Wildman–Crippen MR) is 66.2 cm³/mol. The van der Waals surface area contributed by atoms with Gasteiger partial charge in [0.25, 0.3) is 0 Å². The lowest BCUT2D eigenvalue weighted by Crippen LogP contribution is -2.39. The Balaban J connectivity index is 1.94. The zero-order chi connectivity index (χ0) is 12.4. The Morgan fingerprint density at radius 2 is 2.50 bits per heavy atom. The second kappa shape index (κ2) is 4.77. The molecule has 1 aliphatic rings. The standard InChI is InChI=1S/C13H14N4O/c14-8-11-12-3-1-2-5-17(12)13(16-11)7-10-9-15-4-6-18-10/h1-3,5,10,15H,4,6-7,9H2. The lowest BCUT2D eigenvalue weighted by atomic mass is 10.2. The van der Waals surface area contributed by atoms with E-state index in [2.05, 4.69) is 16.4 Å². The second-order valence-corrected chi connectivity index (χ2v) is 4.35. The smallest absolute Gasteiger partial charge is 0.166 e. The molecule has 1 N–H and O–H groups in total. The van der Waals surface area contributed by atoms with Crippen LogP contribution < -0.4 is 5.32 Å². The van der Waals surface area contributed by atoms with Crippen LogP contribution in [0.1, 0.15) is 11.5 Å². The lowest BCUT2D eigenvalue weighted by Gasteiger charge is -2.22. The van der Waals surface area contributed by atoms with Gasteiger partial charge in [0.15, 0.2) is 5.69 Å². The van der Waals surface area contributed by atoms with Crippen LogP contribution in [0, 0.1) is 11.3 Å². The fraction of sp³-hybridized carbons (Fsp3) is 0.385. The van der Waals surface area contributed by atoms with Crippen LogP contribution in [-0.2, 0) is 11.2 Å². The van der Waals surface area contributed by atoms with Crippen molar-refractivity contribution in [2.45, 2.75) is 12.5 Å². The summed E-state index contributed by atoms with van der Waals surface area (Å²) in [6.07, 6.45) is 2.80. The molecule has 1 saturated heterocycles. The van der Waals surface area contributed by atoms with Gasteiger partial charge in [-0.2, -0.15) is 5.26 Å². The summed E-state index contributed by atoms with van der Waals surface area (Å²) in [5.41, 5.74) is 1.34. The molecule has 1 aliphatic heterocycles. The summed E-state index contributed by atoms with van der Waals surface area (Å²) in [7, 11) is 0. The van der Waals surface area contributed by atoms with E-state index in [0.29, 0.717) is 5.69 Å². The number of fused-ring (bicyclic) bond motifs is 1. The van der Waals surface area contributed by atoms with Gasteiger partial charge in [-0.15, -0.1) is 0 Å². The quantitative estimate of drug-likeness (QED) is 0.843. The third kappa shape index (κ3) is 1.96. The largest absolute Gasteiger partial charge is 0.375 e. The van der Waals surface area contributed by atoms with Crippen LogP contribution in [0.3, 0.4) is 0 Å². The van der Waals surface area contributed by atoms with E-state index in [1.54, 1.807) is 0 Å². The van der Waals surface area contributed by atoms with Crippen molar-refractivity contribution in [3.8, 4) is 6.07 Å². The molecule has 5 nitrogen and oxygen atoms in total. The van der Waals surface area contributed by atoms with Crippen LogP contribution in [0.25, 0.3) is 5.52 Å². The Hall–Kier alpha value is -1.90. The fourth-order valence-electron chi connectivity index (χ4n) is 2.28. The molecule has 2 aromatic rings. The summed E-state index contributed by atoms with van der Waals surface area (Å²) in [4.78, 5) is 4.40. The topological polar surface area (TPSA) is 62.3 Å². The van der Waals surface area contributed by atoms with Gasteiger partial charge in [-0.25, -0.2) is 4.98 Å². The van der Waals surface area contributed by atoms with Crippen molar-refractivity contribution in [1.29, 1.82) is 5.26 Å². The zero-order valence-corrected chi connectivity index (χ0v) is 9.97. The van der Waals surface area contributed by atoms with E-state index in [-0.39, 0.29) is 6.10 Å². The van der Waals surface area contributed by atoms with Gasteiger partial charge in [-0.1, -0.05) is 6.07 Å². The van der Waals surface area contributed by atoms with Gasteiger partial charge in [0.05, 0.1) is 18.2 Å². The van der Waals surface area contributed by atoms with Crippen LogP contribution >= 0.6 is 0 Å². The first kappa shape index (κ1) is 11.2. The number of hydrogen-bond acceptors (Lipinski definition) is 4. The van der Waals surface area contributed by atoms with Crippen molar-refractivity contribution in [3.05, 3.63) is 35.9 Å². The van der Waals surface area contributed by atoms with E-state index < -0.39 is 0 Å². The van der Waals surface area contributed by atoms with Gasteiger partial charge in [0, 0.05) is 25.7 Å². The number of rotatable bonds is 2. The zero-order valence-electron chi connectivity index (χ0n) is 9.97. The van der Waals surface area contributed by atoms with Crippen LogP contribution in [0.15, 0.2) is 24.4 Å². The number of nitrogens with zero attached hydrogens (tertiary/aromatic N) is 3. The van der Waals surface area contributed by atoms with Crippen LogP contribution in [0.4, 0.5) is 0 Å². The first-order valence-corrected chi connectivity index (χ1v) is 6.07. The molecule has 0 radical (unpaired) electrons. The average Bonchev–Trinajstić information content (AvgIpc) is 2.78. The number of imidazole rings is 1. The summed E-state index contributed by atoms with van der Waals surface area (Å²) in [5.74, 6) is 0.885. The molecule has 92 valence electrons. The molecule has 0 aliphatic carbocycles. The van der Waals surface area contributed by atoms with Crippen molar-refractivity contribution < 1.29 is 4.74 Å². The molecule has 5 heteroatoms. The Labute approximate surface area is 105 Å². The number of hydrogen-bond donors (Lipinski definition) is 1. The molecule has 2 aromatic heterocycles. The number of pyridine rings is 1. The minimum absolute atomic E-state index is 0.135. The predicted octanol–water partition coefficient (Wildman–Crippen LogP) is 0.737. The Kier molecular flexibility index (Phi) is 2.97. The molecule has 1 unspecified atom stereocenters. The normalized spacial score (nSPS) is 19.8. The van der Waals surface area contributed by atoms with Crippen LogP contribution in [-0.4, -0.2) is 35.2 Å². The number of nitrogens with one attached hydrogen (secondary N) is 1. The molecule has 3 rings (SSSR count). The minimum atomic E-state index is 0.135. The number of morpholine rings is 1. The summed E-state index contributed by atoms with van der Waals surface area (Å²) in [5, 5.41) is 12.4. The first-order valence-electron chi connectivity index (χ1n) is 6.07. The molecule has 0 spiro atoms. The average molecular weight is 242 g/mol. The highest BCUT2D eigenvalue weighted by Gasteiger charge is 2.18. The molecule has 18 heavy (non-hydrogen) atoms. The highest BCUT2D eigenvalue weighted by atomic mass is 16.5. The van der Waals surface area contributed by atoms with E-state index in [1.807, 2.05) is 28.8 Å². The number of aromatic nitrogens is 2. The van der Waals surface area contributed by atoms with Gasteiger partial charge < -0.3 is 14.5 Å². The summed E-state index contributed by atoms with van der Waals surface area (Å²) >= 11 is 0. The van der Waals surface area contributed by atoms with E-state index in [9.17, 15) is 0 Å². The van der Waals surface area contributed by atoms with E-state index in [4.69, 9.17) is 10.00 Å². The van der Waals surface area contributed by atoms with Crippen molar-refractivity contribution in [2.75, 3.05) is 19.7 Å². The molecule has 0 aromatic carbocycles. The molecular formula is C13H14N4O. The van der Waals surface area contributed by atoms with Crippen LogP contribution in [0.5, 0.6) is 0 Å². The fourth-order valence-corrected chi connectivity index (χ4v) is 2.28. The van der Waals surface area contributed by atoms with Crippen molar-refractivity contribution in [3.63, 3.8) is 0 Å². The summed E-state index contributed by atoms with van der Waals surface area (Å²) in [6.45, 7) is 2.48. The van der Waals surface area contributed by atoms with E-state index in [1.165, 1.54) is 0 Å². The Morgan fingerprint density at radius 1 is 1.56 bits per heavy atom. The van der Waals surface area contributed by atoms with E-state index in [0.717, 1.165) is 37.5 Å². The van der Waals surface area contributed by atoms with E-state index >= 15 is 0 Å². The number of ether oxygens (including phenoxy) is 1. The lowest BCUT2D eigenvalue weighted by molar-refractivity contribution is 0.0280. The molecular weight excluding hydrogens is 228 g/mol. The molecule has 0 saturated carbocycles. The van der Waals surface area contributed by atoms with Gasteiger partial charge >= 0.3 is 0 Å². The maximum absolute atomic E-state index is 9.09. The molecule has 0 bridgehead atoms. The second-order valence-electron chi connectivity index (χ2n) is 4.35. The first-order chi connectivity index (χ1) is 8.88. The van der Waals surface area contributed by atoms with Gasteiger partial charge in [0.2, 0.25) is 0 Å². The summed E-state index contributed by atoms with van der Waals surface area (Å²) < 4.78 is 7.64. The Bertz CT molecular complexity index is 593. The van der Waals surface area contributed by atoms with Crippen molar-refractivity contribution in [2.24, 2.45) is 0 Å². The van der Waals surface area contributed by atoms with Crippen molar-refractivity contribution >= 4 is 5.52 Å². The monoisotopic (exact) mass is 242 g/mol.